The maximum absolute atomic E-state index is 11.4. The Labute approximate surface area is 84.8 Å². The molecule has 0 aromatic heterocycles. The second kappa shape index (κ2) is 5.78. The summed E-state index contributed by atoms with van der Waals surface area (Å²) in [5.41, 5.74) is 0. The van der Waals surface area contributed by atoms with E-state index in [2.05, 4.69) is 0 Å². The molecule has 0 bridgehead atoms. The Morgan fingerprint density at radius 3 is 2.71 bits per heavy atom. The van der Waals surface area contributed by atoms with Crippen molar-refractivity contribution in [3.63, 3.8) is 0 Å². The zero-order valence-corrected chi connectivity index (χ0v) is 8.75. The smallest absolute Gasteiger partial charge is 0.302 e. The van der Waals surface area contributed by atoms with Gasteiger partial charge in [0.1, 0.15) is 11.9 Å². The fraction of sp³-hybridized carbons (Fsp3) is 0.818. The Hall–Kier alpha value is -0.860. The molecule has 1 unspecified atom stereocenters. The number of Topliss-reactive ketones (excluding diaryl/α,β-unsaturated/α-hetero) is 1. The standard InChI is InChI=1S/C11H18O3/c1-9(12)14-11-7-5-3-2-4-6-10(13)8-11/h11H,2-8H2,1H3. The maximum Gasteiger partial charge on any atom is 0.302 e. The van der Waals surface area contributed by atoms with Crippen LogP contribution in [0.5, 0.6) is 0 Å². The lowest BCUT2D eigenvalue weighted by Gasteiger charge is -2.14. The van der Waals surface area contributed by atoms with E-state index < -0.39 is 0 Å². The third-order valence-electron chi connectivity index (χ3n) is 2.52. The summed E-state index contributed by atoms with van der Waals surface area (Å²) in [5.74, 6) is -0.0415. The average Bonchev–Trinajstić information content (AvgIpc) is 2.16. The first-order valence-electron chi connectivity index (χ1n) is 5.37. The van der Waals surface area contributed by atoms with E-state index in [1.54, 1.807) is 0 Å². The lowest BCUT2D eigenvalue weighted by Crippen LogP contribution is -2.19. The summed E-state index contributed by atoms with van der Waals surface area (Å²) in [7, 11) is 0. The molecule has 0 heterocycles. The highest BCUT2D eigenvalue weighted by Crippen LogP contribution is 2.17. The maximum atomic E-state index is 11.4. The Bertz CT molecular complexity index is 211. The van der Waals surface area contributed by atoms with E-state index in [0.717, 1.165) is 32.1 Å². The van der Waals surface area contributed by atoms with Crippen LogP contribution >= 0.6 is 0 Å². The van der Waals surface area contributed by atoms with E-state index >= 15 is 0 Å². The zero-order chi connectivity index (χ0) is 10.4. The number of rotatable bonds is 1. The molecular formula is C11H18O3. The minimum absolute atomic E-state index is 0.168. The van der Waals surface area contributed by atoms with Crippen molar-refractivity contribution in [2.45, 2.75) is 58.0 Å². The highest BCUT2D eigenvalue weighted by Gasteiger charge is 2.17. The van der Waals surface area contributed by atoms with Gasteiger partial charge in [0.25, 0.3) is 0 Å². The second-order valence-electron chi connectivity index (χ2n) is 3.93. The van der Waals surface area contributed by atoms with Crippen molar-refractivity contribution in [3.05, 3.63) is 0 Å². The minimum Gasteiger partial charge on any atom is -0.462 e. The number of ketones is 1. The van der Waals surface area contributed by atoms with Gasteiger partial charge in [-0.25, -0.2) is 0 Å². The van der Waals surface area contributed by atoms with Gasteiger partial charge < -0.3 is 4.74 Å². The van der Waals surface area contributed by atoms with Gasteiger partial charge in [-0.05, 0) is 19.3 Å². The number of carbonyl (C=O) groups is 2. The van der Waals surface area contributed by atoms with Gasteiger partial charge >= 0.3 is 5.97 Å². The van der Waals surface area contributed by atoms with Gasteiger partial charge in [-0.1, -0.05) is 12.8 Å². The summed E-state index contributed by atoms with van der Waals surface area (Å²) in [6, 6.07) is 0. The van der Waals surface area contributed by atoms with Gasteiger partial charge in [0.05, 0.1) is 0 Å². The number of ether oxygens (including phenoxy) is 1. The van der Waals surface area contributed by atoms with Crippen molar-refractivity contribution in [2.75, 3.05) is 0 Å². The second-order valence-corrected chi connectivity index (χ2v) is 3.93. The molecule has 1 rings (SSSR count). The molecule has 0 N–H and O–H groups in total. The SMILES string of the molecule is CC(=O)OC1CCCCCCC(=O)C1. The van der Waals surface area contributed by atoms with Crippen LogP contribution in [0.15, 0.2) is 0 Å². The number of esters is 1. The quantitative estimate of drug-likeness (QED) is 0.607. The fourth-order valence-corrected chi connectivity index (χ4v) is 1.84. The molecule has 1 saturated carbocycles. The molecule has 0 aliphatic heterocycles. The van der Waals surface area contributed by atoms with Crippen LogP contribution in [0.25, 0.3) is 0 Å². The highest BCUT2D eigenvalue weighted by atomic mass is 16.5. The molecule has 0 spiro atoms. The Balaban J connectivity index is 2.44. The molecule has 0 aromatic rings. The van der Waals surface area contributed by atoms with E-state index in [0.29, 0.717) is 12.8 Å². The molecule has 1 fully saturated rings. The van der Waals surface area contributed by atoms with Crippen LogP contribution in [0.1, 0.15) is 51.9 Å². The summed E-state index contributed by atoms with van der Waals surface area (Å²) >= 11 is 0. The average molecular weight is 198 g/mol. The van der Waals surface area contributed by atoms with Crippen molar-refractivity contribution in [1.82, 2.24) is 0 Å². The number of hydrogen-bond acceptors (Lipinski definition) is 3. The monoisotopic (exact) mass is 198 g/mol. The van der Waals surface area contributed by atoms with E-state index in [1.807, 2.05) is 0 Å². The predicted molar refractivity (Wildman–Crippen MR) is 52.9 cm³/mol. The largest absolute Gasteiger partial charge is 0.462 e. The van der Waals surface area contributed by atoms with Crippen LogP contribution in [-0.4, -0.2) is 17.9 Å². The number of hydrogen-bond donors (Lipinski definition) is 0. The molecule has 14 heavy (non-hydrogen) atoms. The van der Waals surface area contributed by atoms with E-state index in [9.17, 15) is 9.59 Å². The fourth-order valence-electron chi connectivity index (χ4n) is 1.84. The van der Waals surface area contributed by atoms with Gasteiger partial charge in [0, 0.05) is 19.8 Å². The van der Waals surface area contributed by atoms with Crippen molar-refractivity contribution in [1.29, 1.82) is 0 Å². The molecule has 0 radical (unpaired) electrons. The van der Waals surface area contributed by atoms with Crippen LogP contribution in [0.3, 0.4) is 0 Å². The molecular weight excluding hydrogens is 180 g/mol. The highest BCUT2D eigenvalue weighted by molar-refractivity contribution is 5.79. The summed E-state index contributed by atoms with van der Waals surface area (Å²) in [6.07, 6.45) is 6.06. The molecule has 3 nitrogen and oxygen atoms in total. The normalized spacial score (nSPS) is 24.6. The Morgan fingerprint density at radius 1 is 1.29 bits per heavy atom. The van der Waals surface area contributed by atoms with Crippen molar-refractivity contribution in [3.8, 4) is 0 Å². The molecule has 80 valence electrons. The molecule has 1 aliphatic rings. The molecule has 3 heteroatoms. The van der Waals surface area contributed by atoms with Gasteiger partial charge in [-0.2, -0.15) is 0 Å². The topological polar surface area (TPSA) is 43.4 Å². The van der Waals surface area contributed by atoms with E-state index in [1.165, 1.54) is 6.92 Å². The summed E-state index contributed by atoms with van der Waals surface area (Å²) < 4.78 is 5.09. The van der Waals surface area contributed by atoms with Gasteiger partial charge in [-0.15, -0.1) is 0 Å². The van der Waals surface area contributed by atoms with Crippen molar-refractivity contribution >= 4 is 11.8 Å². The molecule has 0 saturated heterocycles. The summed E-state index contributed by atoms with van der Waals surface area (Å²) in [5, 5.41) is 0. The lowest BCUT2D eigenvalue weighted by molar-refractivity contribution is -0.147. The van der Waals surface area contributed by atoms with E-state index in [-0.39, 0.29) is 17.9 Å². The first-order chi connectivity index (χ1) is 6.68. The zero-order valence-electron chi connectivity index (χ0n) is 8.75. The van der Waals surface area contributed by atoms with Crippen LogP contribution in [0.2, 0.25) is 0 Å². The third-order valence-corrected chi connectivity index (χ3v) is 2.52. The van der Waals surface area contributed by atoms with Gasteiger partial charge in [0.15, 0.2) is 0 Å². The van der Waals surface area contributed by atoms with Crippen LogP contribution in [0.4, 0.5) is 0 Å². The van der Waals surface area contributed by atoms with Gasteiger partial charge in [-0.3, -0.25) is 9.59 Å². The molecule has 1 aliphatic carbocycles. The first-order valence-corrected chi connectivity index (χ1v) is 5.37. The van der Waals surface area contributed by atoms with E-state index in [4.69, 9.17) is 4.74 Å². The van der Waals surface area contributed by atoms with Gasteiger partial charge in [0.2, 0.25) is 0 Å². The molecule has 0 amide bonds. The molecule has 1 atom stereocenters. The molecule has 0 aromatic carbocycles. The van der Waals surface area contributed by atoms with Crippen LogP contribution in [0, 0.1) is 0 Å². The Morgan fingerprint density at radius 2 is 2.00 bits per heavy atom. The third kappa shape index (κ3) is 4.40. The van der Waals surface area contributed by atoms with Crippen molar-refractivity contribution < 1.29 is 14.3 Å². The first kappa shape index (κ1) is 11.2. The van der Waals surface area contributed by atoms with Crippen LogP contribution in [-0.2, 0) is 14.3 Å². The lowest BCUT2D eigenvalue weighted by atomic mass is 10.1. The minimum atomic E-state index is -0.276. The number of carbonyl (C=O) groups excluding carboxylic acids is 2. The van der Waals surface area contributed by atoms with Crippen LogP contribution < -0.4 is 0 Å². The summed E-state index contributed by atoms with van der Waals surface area (Å²) in [4.78, 5) is 22.2. The predicted octanol–water partition coefficient (Wildman–Crippen LogP) is 2.23. The Kier molecular flexibility index (Phi) is 4.63. The summed E-state index contributed by atoms with van der Waals surface area (Å²) in [6.45, 7) is 1.40. The van der Waals surface area contributed by atoms with Crippen molar-refractivity contribution in [2.24, 2.45) is 0 Å².